The molecule has 1 aromatic rings. The average molecular weight is 303 g/mol. The minimum atomic E-state index is -0.535. The summed E-state index contributed by atoms with van der Waals surface area (Å²) in [7, 11) is 0. The predicted molar refractivity (Wildman–Crippen MR) is 89.4 cm³/mol. The Morgan fingerprint density at radius 3 is 2.41 bits per heavy atom. The van der Waals surface area contributed by atoms with E-state index >= 15 is 0 Å². The van der Waals surface area contributed by atoms with Crippen molar-refractivity contribution >= 4 is 17.3 Å². The van der Waals surface area contributed by atoms with Gasteiger partial charge in [0.25, 0.3) is 5.91 Å². The topological polar surface area (TPSA) is 56.1 Å². The average Bonchev–Trinajstić information content (AvgIpc) is 2.90. The Labute approximate surface area is 132 Å². The molecule has 0 aromatic heterocycles. The van der Waals surface area contributed by atoms with E-state index in [1.54, 1.807) is 11.8 Å². The van der Waals surface area contributed by atoms with Crippen LogP contribution in [0.2, 0.25) is 0 Å². The van der Waals surface area contributed by atoms with E-state index in [-0.39, 0.29) is 11.9 Å². The van der Waals surface area contributed by atoms with Gasteiger partial charge in [-0.1, -0.05) is 0 Å². The van der Waals surface area contributed by atoms with E-state index in [0.29, 0.717) is 12.1 Å². The van der Waals surface area contributed by atoms with E-state index < -0.39 is 6.10 Å². The van der Waals surface area contributed by atoms with Crippen LogP contribution in [0.25, 0.3) is 0 Å². The number of hydrogen-bond acceptors (Lipinski definition) is 4. The Hall–Kier alpha value is -1.88. The molecule has 1 unspecified atom stereocenters. The van der Waals surface area contributed by atoms with Crippen LogP contribution in [-0.4, -0.2) is 46.9 Å². The number of hydrogen-bond donors (Lipinski definition) is 1. The number of carbonyl (C=O) groups excluding carboxylic acids is 1. The summed E-state index contributed by atoms with van der Waals surface area (Å²) in [6.45, 7) is 8.85. The van der Waals surface area contributed by atoms with Gasteiger partial charge in [0.15, 0.2) is 0 Å². The third kappa shape index (κ3) is 3.85. The Morgan fingerprint density at radius 2 is 1.95 bits per heavy atom. The molecule has 0 aliphatic carbocycles. The third-order valence-corrected chi connectivity index (χ3v) is 3.73. The van der Waals surface area contributed by atoms with Crippen molar-refractivity contribution in [1.82, 2.24) is 4.90 Å². The summed E-state index contributed by atoms with van der Waals surface area (Å²) >= 11 is 0. The minimum absolute atomic E-state index is 0.0487. The second-order valence-corrected chi connectivity index (χ2v) is 6.16. The smallest absolute Gasteiger partial charge is 0.254 e. The number of benzene rings is 1. The highest BCUT2D eigenvalue weighted by molar-refractivity contribution is 5.95. The lowest BCUT2D eigenvalue weighted by Crippen LogP contribution is -2.41. The molecule has 0 saturated heterocycles. The Kier molecular flexibility index (Phi) is 5.19. The Morgan fingerprint density at radius 1 is 1.32 bits per heavy atom. The van der Waals surface area contributed by atoms with Crippen LogP contribution in [-0.2, 0) is 0 Å². The number of carbonyl (C=O) groups is 1. The molecule has 1 N–H and O–H groups in total. The molecule has 1 heterocycles. The maximum absolute atomic E-state index is 12.6. The Bertz CT molecular complexity index is 550. The number of aliphatic hydroxyl groups is 1. The van der Waals surface area contributed by atoms with E-state index in [9.17, 15) is 9.90 Å². The maximum Gasteiger partial charge on any atom is 0.254 e. The number of nitrogens with zero attached hydrogens (tertiary/aromatic N) is 3. The number of rotatable bonds is 5. The molecule has 5 heteroatoms. The summed E-state index contributed by atoms with van der Waals surface area (Å²) in [6, 6.07) is 7.57. The quantitative estimate of drug-likeness (QED) is 0.909. The van der Waals surface area contributed by atoms with Crippen molar-refractivity contribution in [2.24, 2.45) is 5.10 Å². The molecule has 1 aliphatic heterocycles. The second-order valence-electron chi connectivity index (χ2n) is 6.16. The molecule has 22 heavy (non-hydrogen) atoms. The molecule has 0 radical (unpaired) electrons. The van der Waals surface area contributed by atoms with E-state index in [0.717, 1.165) is 24.4 Å². The van der Waals surface area contributed by atoms with E-state index in [1.165, 1.54) is 0 Å². The predicted octanol–water partition coefficient (Wildman–Crippen LogP) is 2.50. The second kappa shape index (κ2) is 6.92. The molecule has 1 aromatic carbocycles. The van der Waals surface area contributed by atoms with E-state index in [1.807, 2.05) is 50.0 Å². The summed E-state index contributed by atoms with van der Waals surface area (Å²) in [5, 5.41) is 16.0. The molecule has 5 nitrogen and oxygen atoms in total. The molecule has 0 saturated carbocycles. The van der Waals surface area contributed by atoms with Gasteiger partial charge in [-0.2, -0.15) is 5.10 Å². The van der Waals surface area contributed by atoms with Crippen LogP contribution in [0.1, 0.15) is 44.5 Å². The monoisotopic (exact) mass is 303 g/mol. The molecule has 0 bridgehead atoms. The number of aliphatic hydroxyl groups excluding tert-OH is 1. The fourth-order valence-electron chi connectivity index (χ4n) is 2.52. The molecule has 120 valence electrons. The zero-order valence-electron chi connectivity index (χ0n) is 13.8. The van der Waals surface area contributed by atoms with Crippen LogP contribution in [0.5, 0.6) is 0 Å². The standard InChI is InChI=1S/C17H25N3O2/c1-12(2)19(11-14(4)21)17(22)15-5-7-16(8-6-15)20-10-9-13(3)18-20/h5-8,12,14,21H,9-11H2,1-4H3. The van der Waals surface area contributed by atoms with Crippen LogP contribution in [0.4, 0.5) is 5.69 Å². The molecule has 2 rings (SSSR count). The third-order valence-electron chi connectivity index (χ3n) is 3.73. The first-order valence-electron chi connectivity index (χ1n) is 7.79. The lowest BCUT2D eigenvalue weighted by Gasteiger charge is -2.28. The van der Waals surface area contributed by atoms with Gasteiger partial charge in [-0.05, 0) is 52.0 Å². The summed E-state index contributed by atoms with van der Waals surface area (Å²) in [5.41, 5.74) is 2.76. The van der Waals surface area contributed by atoms with Crippen molar-refractivity contribution < 1.29 is 9.90 Å². The molecular formula is C17H25N3O2. The van der Waals surface area contributed by atoms with Crippen molar-refractivity contribution in [2.45, 2.75) is 46.3 Å². The normalized spacial score (nSPS) is 15.9. The maximum atomic E-state index is 12.6. The van der Waals surface area contributed by atoms with Crippen molar-refractivity contribution in [1.29, 1.82) is 0 Å². The fraction of sp³-hybridized carbons (Fsp3) is 0.529. The van der Waals surface area contributed by atoms with Gasteiger partial charge < -0.3 is 10.0 Å². The van der Waals surface area contributed by atoms with Gasteiger partial charge in [-0.15, -0.1) is 0 Å². The van der Waals surface area contributed by atoms with Gasteiger partial charge in [0, 0.05) is 36.8 Å². The molecule has 1 atom stereocenters. The van der Waals surface area contributed by atoms with E-state index in [2.05, 4.69) is 5.10 Å². The SMILES string of the molecule is CC1=NN(c2ccc(C(=O)N(CC(C)O)C(C)C)cc2)CC1. The molecule has 0 spiro atoms. The first kappa shape index (κ1) is 16.5. The van der Waals surface area contributed by atoms with Gasteiger partial charge in [0.1, 0.15) is 0 Å². The zero-order valence-corrected chi connectivity index (χ0v) is 13.8. The van der Waals surface area contributed by atoms with Crippen LogP contribution in [0, 0.1) is 0 Å². The van der Waals surface area contributed by atoms with Crippen molar-refractivity contribution in [3.05, 3.63) is 29.8 Å². The van der Waals surface area contributed by atoms with Crippen LogP contribution < -0.4 is 5.01 Å². The van der Waals surface area contributed by atoms with Crippen LogP contribution >= 0.6 is 0 Å². The molecule has 1 amide bonds. The van der Waals surface area contributed by atoms with Gasteiger partial charge in [0.05, 0.1) is 11.8 Å². The zero-order chi connectivity index (χ0) is 16.3. The van der Waals surface area contributed by atoms with Crippen molar-refractivity contribution in [3.8, 4) is 0 Å². The lowest BCUT2D eigenvalue weighted by molar-refractivity contribution is 0.0579. The van der Waals surface area contributed by atoms with Crippen LogP contribution in [0.15, 0.2) is 29.4 Å². The van der Waals surface area contributed by atoms with Gasteiger partial charge in [-0.25, -0.2) is 0 Å². The molecule has 0 fully saturated rings. The Balaban J connectivity index is 2.13. The summed E-state index contributed by atoms with van der Waals surface area (Å²) < 4.78 is 0. The number of amides is 1. The van der Waals surface area contributed by atoms with Crippen molar-refractivity contribution in [2.75, 3.05) is 18.1 Å². The summed E-state index contributed by atoms with van der Waals surface area (Å²) in [4.78, 5) is 14.3. The first-order valence-corrected chi connectivity index (χ1v) is 7.79. The van der Waals surface area contributed by atoms with Crippen LogP contribution in [0.3, 0.4) is 0 Å². The first-order chi connectivity index (χ1) is 10.4. The summed E-state index contributed by atoms with van der Waals surface area (Å²) in [5.74, 6) is -0.0523. The van der Waals surface area contributed by atoms with Crippen molar-refractivity contribution in [3.63, 3.8) is 0 Å². The van der Waals surface area contributed by atoms with Gasteiger partial charge >= 0.3 is 0 Å². The highest BCUT2D eigenvalue weighted by Gasteiger charge is 2.21. The number of hydrazone groups is 1. The van der Waals surface area contributed by atoms with E-state index in [4.69, 9.17) is 0 Å². The number of anilines is 1. The highest BCUT2D eigenvalue weighted by atomic mass is 16.3. The molecule has 1 aliphatic rings. The van der Waals surface area contributed by atoms with Gasteiger partial charge in [0.2, 0.25) is 0 Å². The summed E-state index contributed by atoms with van der Waals surface area (Å²) in [6.07, 6.45) is 0.448. The largest absolute Gasteiger partial charge is 0.392 e. The lowest BCUT2D eigenvalue weighted by atomic mass is 10.1. The highest BCUT2D eigenvalue weighted by Crippen LogP contribution is 2.21. The minimum Gasteiger partial charge on any atom is -0.392 e. The molecular weight excluding hydrogens is 278 g/mol. The fourth-order valence-corrected chi connectivity index (χ4v) is 2.52. The van der Waals surface area contributed by atoms with Gasteiger partial charge in [-0.3, -0.25) is 9.80 Å².